The highest BCUT2D eigenvalue weighted by Gasteiger charge is 2.38. The van der Waals surface area contributed by atoms with Crippen molar-refractivity contribution in [2.24, 2.45) is 0 Å². The molecule has 0 amide bonds. The fourth-order valence-corrected chi connectivity index (χ4v) is 4.66. The smallest absolute Gasteiger partial charge is 0.370 e. The largest absolute Gasteiger partial charge is 0.416 e. The Morgan fingerprint density at radius 1 is 0.788 bits per heavy atom. The van der Waals surface area contributed by atoms with Gasteiger partial charge in [0.15, 0.2) is 0 Å². The third-order valence-corrected chi connectivity index (χ3v) is 6.60. The zero-order valence-corrected chi connectivity index (χ0v) is 18.5. The van der Waals surface area contributed by atoms with Gasteiger partial charge >= 0.3 is 12.4 Å². The summed E-state index contributed by atoms with van der Waals surface area (Å²) in [5.41, 5.74) is -1.40. The molecule has 4 rings (SSSR count). The number of piperazine rings is 1. The normalized spacial score (nSPS) is 21.1. The van der Waals surface area contributed by atoms with E-state index in [1.807, 2.05) is 24.3 Å². The lowest BCUT2D eigenvalue weighted by Gasteiger charge is -2.38. The molecule has 10 heteroatoms. The highest BCUT2D eigenvalue weighted by Crippen LogP contribution is 2.39. The molecule has 0 aromatic heterocycles. The predicted molar refractivity (Wildman–Crippen MR) is 115 cm³/mol. The minimum Gasteiger partial charge on any atom is -0.370 e. The monoisotopic (exact) mass is 491 g/mol. The Bertz CT molecular complexity index is 920. The van der Waals surface area contributed by atoms with Crippen molar-refractivity contribution in [3.63, 3.8) is 0 Å². The zero-order chi connectivity index (χ0) is 23.8. The average Bonchev–Trinajstić information content (AvgIpc) is 3.25. The van der Waals surface area contributed by atoms with Gasteiger partial charge in [-0.05, 0) is 42.3 Å². The highest BCUT2D eigenvalue weighted by molar-refractivity contribution is 6.30. The maximum absolute atomic E-state index is 13.2. The third-order valence-electron chi connectivity index (χ3n) is 6.34. The first-order chi connectivity index (χ1) is 15.5. The first-order valence-corrected chi connectivity index (χ1v) is 11.1. The summed E-state index contributed by atoms with van der Waals surface area (Å²) in [6.07, 6.45) is -8.97. The van der Waals surface area contributed by atoms with Crippen molar-refractivity contribution in [2.75, 3.05) is 44.2 Å². The lowest BCUT2D eigenvalue weighted by molar-refractivity contribution is -0.143. The van der Waals surface area contributed by atoms with Gasteiger partial charge in [-0.3, -0.25) is 9.80 Å². The molecule has 1 atom stereocenters. The molecule has 0 bridgehead atoms. The summed E-state index contributed by atoms with van der Waals surface area (Å²) in [4.78, 5) is 6.25. The molecule has 0 radical (unpaired) electrons. The van der Waals surface area contributed by atoms with Crippen LogP contribution in [0.2, 0.25) is 5.02 Å². The molecule has 2 aliphatic heterocycles. The Morgan fingerprint density at radius 3 is 1.91 bits per heavy atom. The summed E-state index contributed by atoms with van der Waals surface area (Å²) in [5, 5.41) is 0.692. The van der Waals surface area contributed by atoms with Gasteiger partial charge in [-0.1, -0.05) is 23.7 Å². The van der Waals surface area contributed by atoms with E-state index >= 15 is 0 Å². The molecule has 0 saturated carbocycles. The minimum absolute atomic E-state index is 0.0268. The van der Waals surface area contributed by atoms with E-state index in [-0.39, 0.29) is 17.8 Å². The third kappa shape index (κ3) is 5.94. The van der Waals surface area contributed by atoms with Crippen LogP contribution >= 0.6 is 11.6 Å². The first kappa shape index (κ1) is 24.2. The van der Waals surface area contributed by atoms with E-state index in [1.165, 1.54) is 5.56 Å². The summed E-state index contributed by atoms with van der Waals surface area (Å²) in [6.45, 7) is 4.96. The lowest BCUT2D eigenvalue weighted by atomic mass is 10.1. The summed E-state index contributed by atoms with van der Waals surface area (Å²) >= 11 is 5.93. The molecule has 2 saturated heterocycles. The topological polar surface area (TPSA) is 9.72 Å². The van der Waals surface area contributed by atoms with Gasteiger partial charge in [-0.15, -0.1) is 0 Å². The Kier molecular flexibility index (Phi) is 6.85. The Hall–Kier alpha value is -1.97. The predicted octanol–water partition coefficient (Wildman–Crippen LogP) is 5.77. The van der Waals surface area contributed by atoms with Crippen molar-refractivity contribution in [1.29, 1.82) is 0 Å². The van der Waals surface area contributed by atoms with Crippen LogP contribution in [0.4, 0.5) is 32.0 Å². The highest BCUT2D eigenvalue weighted by atomic mass is 35.5. The molecule has 2 aromatic rings. The van der Waals surface area contributed by atoms with Gasteiger partial charge in [0.1, 0.15) is 0 Å². The second-order valence-electron chi connectivity index (χ2n) is 8.59. The molecular formula is C23H24ClF6N3. The first-order valence-electron chi connectivity index (χ1n) is 10.7. The molecule has 2 aromatic carbocycles. The zero-order valence-electron chi connectivity index (χ0n) is 17.8. The van der Waals surface area contributed by atoms with Gasteiger partial charge in [-0.2, -0.15) is 26.3 Å². The quantitative estimate of drug-likeness (QED) is 0.502. The molecule has 33 heavy (non-hydrogen) atoms. The molecule has 0 unspecified atom stereocenters. The van der Waals surface area contributed by atoms with Gasteiger partial charge in [0.2, 0.25) is 0 Å². The number of alkyl halides is 6. The van der Waals surface area contributed by atoms with E-state index < -0.39 is 23.5 Å². The SMILES string of the molecule is FC(F)(F)c1cc(N2CC[C@H](N3CCN(Cc4ccc(Cl)cc4)CC3)C2)cc(C(F)(F)F)c1. The van der Waals surface area contributed by atoms with Crippen LogP contribution in [-0.2, 0) is 18.9 Å². The lowest BCUT2D eigenvalue weighted by Crippen LogP contribution is -2.50. The van der Waals surface area contributed by atoms with Crippen molar-refractivity contribution >= 4 is 17.3 Å². The molecule has 0 spiro atoms. The van der Waals surface area contributed by atoms with Gasteiger partial charge < -0.3 is 4.90 Å². The number of halogens is 7. The molecule has 2 heterocycles. The Morgan fingerprint density at radius 2 is 1.36 bits per heavy atom. The second-order valence-corrected chi connectivity index (χ2v) is 9.03. The van der Waals surface area contributed by atoms with Gasteiger partial charge in [0, 0.05) is 62.6 Å². The molecular weight excluding hydrogens is 468 g/mol. The molecule has 0 N–H and O–H groups in total. The van der Waals surface area contributed by atoms with Crippen LogP contribution in [0, 0.1) is 0 Å². The van der Waals surface area contributed by atoms with E-state index in [2.05, 4.69) is 9.80 Å². The number of rotatable bonds is 4. The molecule has 0 aliphatic carbocycles. The van der Waals surface area contributed by atoms with Crippen LogP contribution in [0.25, 0.3) is 0 Å². The number of nitrogens with zero attached hydrogens (tertiary/aromatic N) is 3. The van der Waals surface area contributed by atoms with Gasteiger partial charge in [0.25, 0.3) is 0 Å². The van der Waals surface area contributed by atoms with Crippen molar-refractivity contribution in [3.05, 3.63) is 64.2 Å². The van der Waals surface area contributed by atoms with Crippen LogP contribution < -0.4 is 4.90 Å². The number of anilines is 1. The average molecular weight is 492 g/mol. The number of hydrogen-bond donors (Lipinski definition) is 0. The Balaban J connectivity index is 1.38. The van der Waals surface area contributed by atoms with Crippen molar-refractivity contribution in [1.82, 2.24) is 9.80 Å². The summed E-state index contributed by atoms with van der Waals surface area (Å²) < 4.78 is 79.2. The standard InChI is InChI=1S/C23H24ClF6N3/c24-19-3-1-16(2-4-19)14-31-7-9-32(10-8-31)20-5-6-33(15-20)21-12-17(22(25,26)27)11-18(13-21)23(28,29)30/h1-4,11-13,20H,5-10,14-15H2/t20-/m0/s1. The summed E-state index contributed by atoms with van der Waals surface area (Å²) in [5.74, 6) is 0. The van der Waals surface area contributed by atoms with E-state index in [1.54, 1.807) is 4.90 Å². The minimum atomic E-state index is -4.84. The van der Waals surface area contributed by atoms with Crippen LogP contribution in [0.1, 0.15) is 23.1 Å². The van der Waals surface area contributed by atoms with Crippen LogP contribution in [0.3, 0.4) is 0 Å². The maximum atomic E-state index is 13.2. The van der Waals surface area contributed by atoms with Crippen molar-refractivity contribution in [3.8, 4) is 0 Å². The summed E-state index contributed by atoms with van der Waals surface area (Å²) in [6, 6.07) is 9.63. The van der Waals surface area contributed by atoms with E-state index in [9.17, 15) is 26.3 Å². The Labute approximate surface area is 193 Å². The molecule has 3 nitrogen and oxygen atoms in total. The van der Waals surface area contributed by atoms with Gasteiger partial charge in [-0.25, -0.2) is 0 Å². The second kappa shape index (κ2) is 9.35. The maximum Gasteiger partial charge on any atom is 0.416 e. The van der Waals surface area contributed by atoms with Crippen LogP contribution in [0.15, 0.2) is 42.5 Å². The summed E-state index contributed by atoms with van der Waals surface area (Å²) in [7, 11) is 0. The van der Waals surface area contributed by atoms with E-state index in [4.69, 9.17) is 11.6 Å². The van der Waals surface area contributed by atoms with E-state index in [0.29, 0.717) is 24.5 Å². The van der Waals surface area contributed by atoms with Crippen molar-refractivity contribution < 1.29 is 26.3 Å². The van der Waals surface area contributed by atoms with Crippen LogP contribution in [0.5, 0.6) is 0 Å². The van der Waals surface area contributed by atoms with Gasteiger partial charge in [0.05, 0.1) is 11.1 Å². The molecule has 2 aliphatic rings. The fraction of sp³-hybridized carbons (Fsp3) is 0.478. The fourth-order valence-electron chi connectivity index (χ4n) is 4.53. The number of hydrogen-bond acceptors (Lipinski definition) is 3. The number of benzene rings is 2. The van der Waals surface area contributed by atoms with E-state index in [0.717, 1.165) is 44.9 Å². The molecule has 180 valence electrons. The van der Waals surface area contributed by atoms with Crippen LogP contribution in [-0.4, -0.2) is 55.1 Å². The van der Waals surface area contributed by atoms with Crippen molar-refractivity contribution in [2.45, 2.75) is 31.4 Å². The molecule has 2 fully saturated rings.